The van der Waals surface area contributed by atoms with Gasteiger partial charge in [-0.25, -0.2) is 0 Å². The predicted octanol–water partition coefficient (Wildman–Crippen LogP) is 3.52. The Labute approximate surface area is 128 Å². The maximum absolute atomic E-state index is 5.54. The summed E-state index contributed by atoms with van der Waals surface area (Å²) in [6.07, 6.45) is 1.84. The highest BCUT2D eigenvalue weighted by Gasteiger charge is 2.41. The summed E-state index contributed by atoms with van der Waals surface area (Å²) in [5.41, 5.74) is 1.04. The van der Waals surface area contributed by atoms with Crippen LogP contribution in [0.3, 0.4) is 0 Å². The molecule has 0 aliphatic carbocycles. The van der Waals surface area contributed by atoms with Crippen LogP contribution in [0.2, 0.25) is 0 Å². The number of rotatable bonds is 3. The molecule has 1 aliphatic rings. The van der Waals surface area contributed by atoms with Crippen molar-refractivity contribution in [3.63, 3.8) is 0 Å². The third kappa shape index (κ3) is 2.31. The zero-order valence-corrected chi connectivity index (χ0v) is 13.1. The fraction of sp³-hybridized carbons (Fsp3) is 0.333. The highest BCUT2D eigenvalue weighted by atomic mass is 32.1. The minimum atomic E-state index is 0.116. The summed E-state index contributed by atoms with van der Waals surface area (Å²) >= 11 is 7.31. The number of nitrogens with one attached hydrogen (secondary N) is 1. The van der Waals surface area contributed by atoms with Gasteiger partial charge in [-0.1, -0.05) is 12.1 Å². The Bertz CT molecular complexity index is 580. The summed E-state index contributed by atoms with van der Waals surface area (Å²) in [5.74, 6) is 0. The van der Waals surface area contributed by atoms with Crippen molar-refractivity contribution >= 4 is 28.7 Å². The second kappa shape index (κ2) is 5.50. The lowest BCUT2D eigenvalue weighted by Gasteiger charge is -2.30. The molecule has 2 atom stereocenters. The molecule has 0 bridgehead atoms. The number of thiophene rings is 1. The van der Waals surface area contributed by atoms with E-state index in [9.17, 15) is 0 Å². The number of pyridine rings is 1. The van der Waals surface area contributed by atoms with Crippen LogP contribution in [-0.4, -0.2) is 21.0 Å². The summed E-state index contributed by atoms with van der Waals surface area (Å²) in [5, 5.41) is 6.37. The summed E-state index contributed by atoms with van der Waals surface area (Å²) in [6.45, 7) is 4.35. The fourth-order valence-electron chi connectivity index (χ4n) is 2.69. The standard InChI is InChI=1S/C15H17N3S2/c1-10(2)18-14(12-7-5-9-20-12)13(17-15(18)19)11-6-3-4-8-16-11/h3-10,13-14H,1-2H3,(H,17,19)/t13-,14-/m0/s1. The first kappa shape index (κ1) is 13.5. The molecule has 0 spiro atoms. The normalized spacial score (nSPS) is 22.4. The van der Waals surface area contributed by atoms with Gasteiger partial charge in [-0.2, -0.15) is 0 Å². The molecule has 1 fully saturated rings. The molecule has 1 aliphatic heterocycles. The van der Waals surface area contributed by atoms with Gasteiger partial charge in [0.05, 0.1) is 17.8 Å². The van der Waals surface area contributed by atoms with Crippen LogP contribution in [0.15, 0.2) is 41.9 Å². The number of thiocarbonyl (C=S) groups is 1. The lowest BCUT2D eigenvalue weighted by Crippen LogP contribution is -2.35. The SMILES string of the molecule is CC(C)N1C(=S)N[C@@H](c2ccccn2)[C@@H]1c1cccs1. The average Bonchev–Trinajstić information content (AvgIpc) is 3.06. The van der Waals surface area contributed by atoms with Crippen LogP contribution < -0.4 is 5.32 Å². The third-order valence-electron chi connectivity index (χ3n) is 3.53. The number of hydrogen-bond donors (Lipinski definition) is 1. The van der Waals surface area contributed by atoms with Gasteiger partial charge in [-0.05, 0) is 49.6 Å². The van der Waals surface area contributed by atoms with Gasteiger partial charge in [0, 0.05) is 17.1 Å². The minimum absolute atomic E-state index is 0.116. The lowest BCUT2D eigenvalue weighted by molar-refractivity contribution is 0.273. The predicted molar refractivity (Wildman–Crippen MR) is 86.7 cm³/mol. The van der Waals surface area contributed by atoms with Crippen LogP contribution in [0.1, 0.15) is 36.5 Å². The number of aromatic nitrogens is 1. The second-order valence-corrected chi connectivity index (χ2v) is 6.51. The van der Waals surface area contributed by atoms with Crippen molar-refractivity contribution < 1.29 is 0 Å². The molecule has 3 rings (SSSR count). The minimum Gasteiger partial charge on any atom is -0.352 e. The van der Waals surface area contributed by atoms with Crippen LogP contribution in [0, 0.1) is 0 Å². The molecule has 2 aromatic rings. The van der Waals surface area contributed by atoms with Crippen molar-refractivity contribution in [1.29, 1.82) is 0 Å². The van der Waals surface area contributed by atoms with Crippen LogP contribution in [0.5, 0.6) is 0 Å². The van der Waals surface area contributed by atoms with E-state index in [4.69, 9.17) is 12.2 Å². The van der Waals surface area contributed by atoms with Crippen molar-refractivity contribution in [2.75, 3.05) is 0 Å². The van der Waals surface area contributed by atoms with Gasteiger partial charge < -0.3 is 10.2 Å². The molecule has 0 aromatic carbocycles. The van der Waals surface area contributed by atoms with E-state index in [2.05, 4.69) is 52.6 Å². The lowest BCUT2D eigenvalue weighted by atomic mass is 10.0. The van der Waals surface area contributed by atoms with Crippen LogP contribution >= 0.6 is 23.6 Å². The highest BCUT2D eigenvalue weighted by Crippen LogP contribution is 2.41. The van der Waals surface area contributed by atoms with Crippen molar-refractivity contribution in [2.45, 2.75) is 32.0 Å². The molecule has 3 nitrogen and oxygen atoms in total. The summed E-state index contributed by atoms with van der Waals surface area (Å²) in [4.78, 5) is 8.10. The molecule has 0 unspecified atom stereocenters. The van der Waals surface area contributed by atoms with Crippen molar-refractivity contribution in [3.8, 4) is 0 Å². The van der Waals surface area contributed by atoms with Crippen molar-refractivity contribution in [3.05, 3.63) is 52.5 Å². The van der Waals surface area contributed by atoms with Crippen molar-refractivity contribution in [2.24, 2.45) is 0 Å². The molecule has 0 saturated carbocycles. The van der Waals surface area contributed by atoms with Crippen LogP contribution in [0.25, 0.3) is 0 Å². The Morgan fingerprint density at radius 2 is 2.15 bits per heavy atom. The van der Waals surface area contributed by atoms with Gasteiger partial charge in [0.15, 0.2) is 5.11 Å². The molecule has 104 valence electrons. The first-order valence-corrected chi connectivity index (χ1v) is 8.00. The van der Waals surface area contributed by atoms with Gasteiger partial charge in [0.1, 0.15) is 0 Å². The Morgan fingerprint density at radius 1 is 1.30 bits per heavy atom. The molecular weight excluding hydrogens is 286 g/mol. The van der Waals surface area contributed by atoms with E-state index in [1.54, 1.807) is 11.3 Å². The topological polar surface area (TPSA) is 28.2 Å². The Balaban J connectivity index is 2.03. The van der Waals surface area contributed by atoms with Gasteiger partial charge in [-0.3, -0.25) is 4.98 Å². The number of nitrogens with zero attached hydrogens (tertiary/aromatic N) is 2. The molecule has 1 saturated heterocycles. The third-order valence-corrected chi connectivity index (χ3v) is 4.80. The summed E-state index contributed by atoms with van der Waals surface area (Å²) in [7, 11) is 0. The maximum atomic E-state index is 5.54. The molecule has 2 aromatic heterocycles. The molecular formula is C15H17N3S2. The maximum Gasteiger partial charge on any atom is 0.170 e. The van der Waals surface area contributed by atoms with E-state index in [1.165, 1.54) is 4.88 Å². The summed E-state index contributed by atoms with van der Waals surface area (Å²) in [6, 6.07) is 11.0. The van der Waals surface area contributed by atoms with Crippen molar-refractivity contribution in [1.82, 2.24) is 15.2 Å². The first-order chi connectivity index (χ1) is 9.68. The summed E-state index contributed by atoms with van der Waals surface area (Å²) < 4.78 is 0. The van der Waals surface area contributed by atoms with Gasteiger partial charge in [0.2, 0.25) is 0 Å². The Kier molecular flexibility index (Phi) is 3.72. The second-order valence-electron chi connectivity index (χ2n) is 5.14. The smallest absolute Gasteiger partial charge is 0.170 e. The molecule has 3 heterocycles. The molecule has 20 heavy (non-hydrogen) atoms. The van der Waals surface area contributed by atoms with E-state index < -0.39 is 0 Å². The van der Waals surface area contributed by atoms with E-state index in [0.717, 1.165) is 10.8 Å². The average molecular weight is 303 g/mol. The molecule has 1 N–H and O–H groups in total. The van der Waals surface area contributed by atoms with Gasteiger partial charge in [0.25, 0.3) is 0 Å². The van der Waals surface area contributed by atoms with E-state index in [-0.39, 0.29) is 12.1 Å². The molecule has 5 heteroatoms. The monoisotopic (exact) mass is 303 g/mol. The van der Waals surface area contributed by atoms with Crippen LogP contribution in [0.4, 0.5) is 0 Å². The molecule has 0 radical (unpaired) electrons. The van der Waals surface area contributed by atoms with E-state index >= 15 is 0 Å². The fourth-order valence-corrected chi connectivity index (χ4v) is 4.00. The largest absolute Gasteiger partial charge is 0.352 e. The quantitative estimate of drug-likeness (QED) is 0.878. The van der Waals surface area contributed by atoms with Gasteiger partial charge in [-0.15, -0.1) is 11.3 Å². The number of hydrogen-bond acceptors (Lipinski definition) is 3. The zero-order valence-electron chi connectivity index (χ0n) is 11.5. The Morgan fingerprint density at radius 3 is 2.75 bits per heavy atom. The Hall–Kier alpha value is -1.46. The molecule has 0 amide bonds. The first-order valence-electron chi connectivity index (χ1n) is 6.71. The van der Waals surface area contributed by atoms with E-state index in [0.29, 0.717) is 6.04 Å². The zero-order chi connectivity index (χ0) is 14.1. The van der Waals surface area contributed by atoms with E-state index in [1.807, 2.05) is 18.3 Å². The van der Waals surface area contributed by atoms with Crippen LogP contribution in [-0.2, 0) is 0 Å². The highest BCUT2D eigenvalue weighted by molar-refractivity contribution is 7.80. The van der Waals surface area contributed by atoms with Gasteiger partial charge >= 0.3 is 0 Å².